The van der Waals surface area contributed by atoms with Crippen molar-refractivity contribution in [2.45, 2.75) is 58.0 Å². The Bertz CT molecular complexity index is 152. The molecule has 0 heterocycles. The third kappa shape index (κ3) is 7.93. The zero-order chi connectivity index (χ0) is 11.6. The highest BCUT2D eigenvalue weighted by molar-refractivity contribution is 6.70. The highest BCUT2D eigenvalue weighted by Gasteiger charge is 2.26. The summed E-state index contributed by atoms with van der Waals surface area (Å²) in [6, 6.07) is 0. The quantitative estimate of drug-likeness (QED) is 0.693. The Hall–Kier alpha value is 0.571. The molecule has 0 aromatic carbocycles. The van der Waals surface area contributed by atoms with Gasteiger partial charge in [-0.05, 0) is 46.2 Å². The molecule has 2 atom stereocenters. The van der Waals surface area contributed by atoms with E-state index in [4.69, 9.17) is 8.85 Å². The van der Waals surface area contributed by atoms with E-state index in [-0.39, 0.29) is 6.10 Å². The molecule has 0 N–H and O–H groups in total. The summed E-state index contributed by atoms with van der Waals surface area (Å²) in [7, 11) is -1.73. The molecule has 2 unspecified atom stereocenters. The summed E-state index contributed by atoms with van der Waals surface area (Å²) in [5.74, 6) is 0. The third-order valence-electron chi connectivity index (χ3n) is 1.74. The zero-order valence-electron chi connectivity index (χ0n) is 11.0. The van der Waals surface area contributed by atoms with Crippen molar-refractivity contribution < 1.29 is 8.85 Å². The van der Waals surface area contributed by atoms with E-state index in [2.05, 4.69) is 46.2 Å². The Morgan fingerprint density at radius 2 is 1.21 bits per heavy atom. The first-order valence-corrected chi connectivity index (χ1v) is 13.3. The molecule has 0 saturated heterocycles. The highest BCUT2D eigenvalue weighted by atomic mass is 28.4. The van der Waals surface area contributed by atoms with Crippen LogP contribution < -0.4 is 0 Å². The van der Waals surface area contributed by atoms with Crippen molar-refractivity contribution in [3.05, 3.63) is 0 Å². The molecule has 0 bridgehead atoms. The van der Waals surface area contributed by atoms with Crippen LogP contribution in [0.25, 0.3) is 0 Å². The predicted octanol–water partition coefficient (Wildman–Crippen LogP) is 1.77. The Kier molecular flexibility index (Phi) is 5.27. The van der Waals surface area contributed by atoms with Crippen LogP contribution in [0.2, 0.25) is 39.3 Å². The normalized spacial score (nSPS) is 18.2. The van der Waals surface area contributed by atoms with Crippen LogP contribution >= 0.6 is 0 Å². The van der Waals surface area contributed by atoms with Crippen LogP contribution in [0.15, 0.2) is 0 Å². The van der Waals surface area contributed by atoms with Crippen molar-refractivity contribution in [1.82, 2.24) is 0 Å². The minimum absolute atomic E-state index is 0.278. The average Bonchev–Trinajstić information content (AvgIpc) is 1.78. The van der Waals surface area contributed by atoms with Gasteiger partial charge < -0.3 is 8.85 Å². The molecule has 0 aliphatic carbocycles. The second-order valence-electron chi connectivity index (χ2n) is 5.87. The Balaban J connectivity index is 4.07. The van der Waals surface area contributed by atoms with Gasteiger partial charge in [0.15, 0.2) is 16.6 Å². The van der Waals surface area contributed by atoms with Crippen LogP contribution in [0.4, 0.5) is 0 Å². The van der Waals surface area contributed by atoms with Gasteiger partial charge in [0.2, 0.25) is 0 Å². The number of hydrogen-bond donors (Lipinski definition) is 0. The lowest BCUT2D eigenvalue weighted by Crippen LogP contribution is -2.43. The molecule has 0 saturated carbocycles. The first kappa shape index (κ1) is 14.6. The summed E-state index contributed by atoms with van der Waals surface area (Å²) >= 11 is 0. The summed E-state index contributed by atoms with van der Waals surface area (Å²) in [5, 5.41) is 0. The van der Waals surface area contributed by atoms with E-state index in [1.165, 1.54) is 0 Å². The zero-order valence-corrected chi connectivity index (χ0v) is 15.0. The maximum atomic E-state index is 6.04. The largest absolute Gasteiger partial charge is 0.416 e. The maximum absolute atomic E-state index is 6.04. The van der Waals surface area contributed by atoms with Crippen molar-refractivity contribution in [2.24, 2.45) is 0 Å². The van der Waals surface area contributed by atoms with Crippen molar-refractivity contribution >= 4 is 26.9 Å². The minimum Gasteiger partial charge on any atom is -0.416 e. The molecule has 0 aromatic rings. The van der Waals surface area contributed by atoms with E-state index in [9.17, 15) is 0 Å². The van der Waals surface area contributed by atoms with Gasteiger partial charge in [-0.3, -0.25) is 0 Å². The van der Waals surface area contributed by atoms with Gasteiger partial charge in [0.05, 0.1) is 11.8 Å². The predicted molar refractivity (Wildman–Crippen MR) is 72.1 cm³/mol. The van der Waals surface area contributed by atoms with Crippen molar-refractivity contribution in [1.29, 1.82) is 0 Å². The summed E-state index contributed by atoms with van der Waals surface area (Å²) in [6.07, 6.45) is 0.278. The van der Waals surface area contributed by atoms with E-state index in [0.29, 0.717) is 5.73 Å². The smallest absolute Gasteiger partial charge is 0.184 e. The Labute approximate surface area is 94.1 Å². The van der Waals surface area contributed by atoms with Crippen LogP contribution in [0.3, 0.4) is 0 Å². The molecule has 0 amide bonds. The fourth-order valence-corrected chi connectivity index (χ4v) is 6.45. The fourth-order valence-electron chi connectivity index (χ4n) is 1.31. The second kappa shape index (κ2) is 5.07. The standard InChI is InChI=1S/C9H26O2Si3/c1-8(10-13(2,3)4)9(12)11-14(5,6)7/h8-9H,1-7,12H3. The SMILES string of the molecule is CC(O[Si](C)(C)C)C([SiH3])O[Si](C)(C)C. The molecule has 0 spiro atoms. The molecule has 0 radical (unpaired) electrons. The lowest BCUT2D eigenvalue weighted by Gasteiger charge is -2.32. The fraction of sp³-hybridized carbons (Fsp3) is 1.00. The molecule has 14 heavy (non-hydrogen) atoms. The lowest BCUT2D eigenvalue weighted by atomic mass is 10.4. The van der Waals surface area contributed by atoms with E-state index in [1.807, 2.05) is 0 Å². The maximum Gasteiger partial charge on any atom is 0.184 e. The van der Waals surface area contributed by atoms with E-state index in [0.717, 1.165) is 10.2 Å². The van der Waals surface area contributed by atoms with E-state index < -0.39 is 16.6 Å². The molecule has 2 nitrogen and oxygen atoms in total. The van der Waals surface area contributed by atoms with Gasteiger partial charge in [-0.1, -0.05) is 0 Å². The first-order valence-electron chi connectivity index (χ1n) is 5.37. The first-order chi connectivity index (χ1) is 6.01. The monoisotopic (exact) mass is 250 g/mol. The van der Waals surface area contributed by atoms with Gasteiger partial charge in [-0.2, -0.15) is 0 Å². The molecule has 0 aliphatic rings. The molecular formula is C9H26O2Si3. The Morgan fingerprint density at radius 1 is 0.857 bits per heavy atom. The summed E-state index contributed by atoms with van der Waals surface area (Å²) < 4.78 is 12.1. The third-order valence-corrected chi connectivity index (χ3v) is 5.54. The van der Waals surface area contributed by atoms with Gasteiger partial charge >= 0.3 is 0 Å². The van der Waals surface area contributed by atoms with Crippen molar-refractivity contribution in [3.63, 3.8) is 0 Å². The summed E-state index contributed by atoms with van der Waals surface area (Å²) in [4.78, 5) is 0. The lowest BCUT2D eigenvalue weighted by molar-refractivity contribution is 0.106. The van der Waals surface area contributed by atoms with Gasteiger partial charge in [0.1, 0.15) is 0 Å². The van der Waals surface area contributed by atoms with E-state index in [1.54, 1.807) is 0 Å². The van der Waals surface area contributed by atoms with Crippen LogP contribution in [0.1, 0.15) is 6.92 Å². The molecule has 0 rings (SSSR count). The average molecular weight is 251 g/mol. The molecule has 86 valence electrons. The topological polar surface area (TPSA) is 18.5 Å². The van der Waals surface area contributed by atoms with Crippen molar-refractivity contribution in [2.75, 3.05) is 0 Å². The van der Waals surface area contributed by atoms with Gasteiger partial charge in [0, 0.05) is 10.2 Å². The van der Waals surface area contributed by atoms with Crippen molar-refractivity contribution in [3.8, 4) is 0 Å². The van der Waals surface area contributed by atoms with Crippen LogP contribution in [0, 0.1) is 0 Å². The van der Waals surface area contributed by atoms with Gasteiger partial charge in [-0.15, -0.1) is 0 Å². The molecule has 0 aliphatic heterocycles. The number of rotatable bonds is 5. The molecular weight excluding hydrogens is 224 g/mol. The van der Waals surface area contributed by atoms with Gasteiger partial charge in [-0.25, -0.2) is 0 Å². The summed E-state index contributed by atoms with van der Waals surface area (Å²) in [6.45, 7) is 15.5. The molecule has 0 fully saturated rings. The van der Waals surface area contributed by atoms with Gasteiger partial charge in [0.25, 0.3) is 0 Å². The summed E-state index contributed by atoms with van der Waals surface area (Å²) in [5.41, 5.74) is 0.355. The highest BCUT2D eigenvalue weighted by Crippen LogP contribution is 2.14. The van der Waals surface area contributed by atoms with Crippen LogP contribution in [-0.4, -0.2) is 38.7 Å². The molecule has 0 aromatic heterocycles. The van der Waals surface area contributed by atoms with E-state index >= 15 is 0 Å². The molecule has 5 heteroatoms. The number of hydrogen-bond acceptors (Lipinski definition) is 2. The minimum atomic E-state index is -1.40. The van der Waals surface area contributed by atoms with Crippen LogP contribution in [-0.2, 0) is 8.85 Å². The van der Waals surface area contributed by atoms with Crippen LogP contribution in [0.5, 0.6) is 0 Å². The Morgan fingerprint density at radius 3 is 1.50 bits per heavy atom. The second-order valence-corrected chi connectivity index (χ2v) is 15.9.